The number of rotatable bonds is 4. The summed E-state index contributed by atoms with van der Waals surface area (Å²) in [5, 5.41) is 17.5. The highest BCUT2D eigenvalue weighted by molar-refractivity contribution is 5.84. The van der Waals surface area contributed by atoms with Crippen LogP contribution in [0.25, 0.3) is 0 Å². The maximum atomic E-state index is 12.8. The quantitative estimate of drug-likeness (QED) is 0.625. The Kier molecular flexibility index (Phi) is 5.49. The SMILES string of the molecule is CC1NC(=O)C2C(N1)C([C@@H](C)c1ccc(C(F)(F)F)cc1)NN2[C@@H](C)CO. The number of hydrazine groups is 1. The summed E-state index contributed by atoms with van der Waals surface area (Å²) in [7, 11) is 0. The number of fused-ring (bicyclic) bond motifs is 1. The number of aliphatic hydroxyl groups is 1. The van der Waals surface area contributed by atoms with Crippen LogP contribution in [0.1, 0.15) is 37.8 Å². The van der Waals surface area contributed by atoms with Crippen molar-refractivity contribution in [3.8, 4) is 0 Å². The second-order valence-electron chi connectivity index (χ2n) is 7.37. The van der Waals surface area contributed by atoms with Gasteiger partial charge in [0.05, 0.1) is 24.4 Å². The topological polar surface area (TPSA) is 76.6 Å². The van der Waals surface area contributed by atoms with Crippen LogP contribution >= 0.6 is 0 Å². The molecule has 3 rings (SSSR count). The lowest BCUT2D eigenvalue weighted by atomic mass is 9.86. The molecule has 2 saturated heterocycles. The molecule has 4 N–H and O–H groups in total. The number of carbonyl (C=O) groups excluding carboxylic acids is 1. The van der Waals surface area contributed by atoms with E-state index in [1.165, 1.54) is 12.1 Å². The Hall–Kier alpha value is -1.68. The number of benzene rings is 1. The molecular formula is C18H25F3N4O2. The Labute approximate surface area is 156 Å². The lowest BCUT2D eigenvalue weighted by molar-refractivity contribution is -0.137. The van der Waals surface area contributed by atoms with Crippen LogP contribution in [0, 0.1) is 0 Å². The lowest BCUT2D eigenvalue weighted by Gasteiger charge is -2.37. The maximum Gasteiger partial charge on any atom is 0.416 e. The van der Waals surface area contributed by atoms with Gasteiger partial charge in [0.1, 0.15) is 6.04 Å². The molecule has 0 aliphatic carbocycles. The van der Waals surface area contributed by atoms with Gasteiger partial charge in [0, 0.05) is 12.1 Å². The minimum Gasteiger partial charge on any atom is -0.395 e. The number of halogens is 3. The van der Waals surface area contributed by atoms with Crippen molar-refractivity contribution in [3.05, 3.63) is 35.4 Å². The Morgan fingerprint density at radius 2 is 1.85 bits per heavy atom. The second-order valence-corrected chi connectivity index (χ2v) is 7.37. The largest absolute Gasteiger partial charge is 0.416 e. The number of alkyl halides is 3. The van der Waals surface area contributed by atoms with Crippen molar-refractivity contribution >= 4 is 5.91 Å². The molecule has 0 aromatic heterocycles. The van der Waals surface area contributed by atoms with Gasteiger partial charge < -0.3 is 10.4 Å². The van der Waals surface area contributed by atoms with Gasteiger partial charge >= 0.3 is 6.18 Å². The van der Waals surface area contributed by atoms with Crippen LogP contribution in [0.5, 0.6) is 0 Å². The normalized spacial score (nSPS) is 31.3. The van der Waals surface area contributed by atoms with E-state index in [9.17, 15) is 23.1 Å². The average molecular weight is 386 g/mol. The summed E-state index contributed by atoms with van der Waals surface area (Å²) >= 11 is 0. The molecule has 0 radical (unpaired) electrons. The van der Waals surface area contributed by atoms with Crippen LogP contribution in [0.3, 0.4) is 0 Å². The molecule has 2 heterocycles. The minimum absolute atomic E-state index is 0.125. The molecule has 6 nitrogen and oxygen atoms in total. The number of carbonyl (C=O) groups is 1. The van der Waals surface area contributed by atoms with Gasteiger partial charge in [-0.15, -0.1) is 0 Å². The average Bonchev–Trinajstić information content (AvgIpc) is 2.99. The molecule has 1 aromatic rings. The van der Waals surface area contributed by atoms with Gasteiger partial charge in [-0.05, 0) is 37.5 Å². The fourth-order valence-corrected chi connectivity index (χ4v) is 3.91. The van der Waals surface area contributed by atoms with E-state index in [0.717, 1.165) is 17.7 Å². The molecule has 2 aliphatic rings. The van der Waals surface area contributed by atoms with Gasteiger partial charge in [0.2, 0.25) is 5.91 Å². The maximum absolute atomic E-state index is 12.8. The third kappa shape index (κ3) is 3.82. The molecule has 2 fully saturated rings. The first-order valence-electron chi connectivity index (χ1n) is 9.02. The van der Waals surface area contributed by atoms with Crippen LogP contribution in [0.4, 0.5) is 13.2 Å². The van der Waals surface area contributed by atoms with Crippen molar-refractivity contribution in [1.82, 2.24) is 21.1 Å². The summed E-state index contributed by atoms with van der Waals surface area (Å²) in [5.41, 5.74) is 3.37. The monoisotopic (exact) mass is 386 g/mol. The number of hydrogen-bond donors (Lipinski definition) is 4. The Morgan fingerprint density at radius 3 is 2.41 bits per heavy atom. The Bertz CT molecular complexity index is 682. The predicted molar refractivity (Wildman–Crippen MR) is 93.5 cm³/mol. The van der Waals surface area contributed by atoms with Crippen LogP contribution in [-0.4, -0.2) is 53.0 Å². The summed E-state index contributed by atoms with van der Waals surface area (Å²) in [6.07, 6.45) is -4.59. The van der Waals surface area contributed by atoms with Gasteiger partial charge in [0.25, 0.3) is 0 Å². The fourth-order valence-electron chi connectivity index (χ4n) is 3.91. The zero-order valence-corrected chi connectivity index (χ0v) is 15.4. The van der Waals surface area contributed by atoms with Gasteiger partial charge in [-0.3, -0.25) is 10.1 Å². The minimum atomic E-state index is -4.37. The first-order valence-corrected chi connectivity index (χ1v) is 9.02. The zero-order chi connectivity index (χ0) is 19.9. The summed E-state index contributed by atoms with van der Waals surface area (Å²) in [6.45, 7) is 5.44. The highest BCUT2D eigenvalue weighted by Crippen LogP contribution is 2.33. The van der Waals surface area contributed by atoms with E-state index in [2.05, 4.69) is 16.1 Å². The molecule has 27 heavy (non-hydrogen) atoms. The molecule has 1 amide bonds. The van der Waals surface area contributed by atoms with Crippen molar-refractivity contribution in [1.29, 1.82) is 0 Å². The van der Waals surface area contributed by atoms with Crippen LogP contribution in [0.15, 0.2) is 24.3 Å². The van der Waals surface area contributed by atoms with Crippen LogP contribution in [0.2, 0.25) is 0 Å². The molecule has 6 atom stereocenters. The van der Waals surface area contributed by atoms with E-state index < -0.39 is 17.8 Å². The van der Waals surface area contributed by atoms with Gasteiger partial charge in [0.15, 0.2) is 0 Å². The van der Waals surface area contributed by atoms with Crippen LogP contribution in [-0.2, 0) is 11.0 Å². The second kappa shape index (κ2) is 7.38. The molecule has 0 saturated carbocycles. The number of nitrogens with one attached hydrogen (secondary N) is 3. The van der Waals surface area contributed by atoms with Crippen molar-refractivity contribution in [2.24, 2.45) is 0 Å². The van der Waals surface area contributed by atoms with Crippen molar-refractivity contribution in [2.45, 2.75) is 63.2 Å². The number of hydrogen-bond acceptors (Lipinski definition) is 5. The van der Waals surface area contributed by atoms with E-state index in [1.54, 1.807) is 11.9 Å². The summed E-state index contributed by atoms with van der Waals surface area (Å²) in [4.78, 5) is 12.5. The zero-order valence-electron chi connectivity index (χ0n) is 15.4. The Morgan fingerprint density at radius 1 is 1.22 bits per heavy atom. The molecule has 0 bridgehead atoms. The molecule has 1 aromatic carbocycles. The first-order chi connectivity index (χ1) is 12.6. The van der Waals surface area contributed by atoms with E-state index in [0.29, 0.717) is 0 Å². The van der Waals surface area contributed by atoms with Gasteiger partial charge in [-0.1, -0.05) is 19.1 Å². The van der Waals surface area contributed by atoms with E-state index >= 15 is 0 Å². The lowest BCUT2D eigenvalue weighted by Crippen LogP contribution is -2.66. The van der Waals surface area contributed by atoms with Crippen molar-refractivity contribution < 1.29 is 23.1 Å². The standard InChI is InChI=1S/C18H25F3N4O2/c1-9(8-26)25-16-15(22-11(3)23-17(16)27)14(24-25)10(2)12-4-6-13(7-5-12)18(19,20)21/h4-7,9-11,14-16,22,24,26H,8H2,1-3H3,(H,23,27)/t9-,10-,11?,14?,15?,16?/m0/s1. The molecule has 4 unspecified atom stereocenters. The van der Waals surface area contributed by atoms with Gasteiger partial charge in [-0.2, -0.15) is 13.2 Å². The summed E-state index contributed by atoms with van der Waals surface area (Å²) < 4.78 is 38.4. The predicted octanol–water partition coefficient (Wildman–Crippen LogP) is 1.18. The summed E-state index contributed by atoms with van der Waals surface area (Å²) in [6, 6.07) is 3.87. The van der Waals surface area contributed by atoms with Crippen LogP contribution < -0.4 is 16.1 Å². The molecule has 9 heteroatoms. The molecular weight excluding hydrogens is 361 g/mol. The molecule has 150 valence electrons. The number of nitrogens with zero attached hydrogens (tertiary/aromatic N) is 1. The number of amides is 1. The van der Waals surface area contributed by atoms with E-state index in [4.69, 9.17) is 0 Å². The number of aliphatic hydroxyl groups excluding tert-OH is 1. The van der Waals surface area contributed by atoms with Crippen molar-refractivity contribution in [2.75, 3.05) is 6.61 Å². The third-order valence-electron chi connectivity index (χ3n) is 5.44. The Balaban J connectivity index is 1.87. The first kappa shape index (κ1) is 20.1. The van der Waals surface area contributed by atoms with E-state index in [-0.39, 0.29) is 42.7 Å². The molecule has 0 spiro atoms. The van der Waals surface area contributed by atoms with E-state index in [1.807, 2.05) is 13.8 Å². The highest BCUT2D eigenvalue weighted by Gasteiger charge is 2.51. The van der Waals surface area contributed by atoms with Crippen molar-refractivity contribution in [3.63, 3.8) is 0 Å². The third-order valence-corrected chi connectivity index (χ3v) is 5.44. The fraction of sp³-hybridized carbons (Fsp3) is 0.611. The molecule has 2 aliphatic heterocycles. The highest BCUT2D eigenvalue weighted by atomic mass is 19.4. The van der Waals surface area contributed by atoms with Gasteiger partial charge in [-0.25, -0.2) is 10.4 Å². The smallest absolute Gasteiger partial charge is 0.395 e. The summed E-state index contributed by atoms with van der Waals surface area (Å²) in [5.74, 6) is -0.289.